The standard InChI is InChI=1S/C21H21FN2O/c22-18-7-9-20(10-8-18)25-21-6-2-4-17(14-21)15-24-19-5-1-3-16(13-19)11-12-23/h1-10,13-14,24H,11-12,15,23H2. The highest BCUT2D eigenvalue weighted by atomic mass is 19.1. The fourth-order valence-corrected chi connectivity index (χ4v) is 2.57. The lowest BCUT2D eigenvalue weighted by molar-refractivity contribution is 0.480. The molecule has 3 aromatic rings. The van der Waals surface area contributed by atoms with E-state index in [0.717, 1.165) is 23.4 Å². The van der Waals surface area contributed by atoms with Gasteiger partial charge in [0.2, 0.25) is 0 Å². The summed E-state index contributed by atoms with van der Waals surface area (Å²) in [6.45, 7) is 1.33. The van der Waals surface area contributed by atoms with Crippen LogP contribution in [0.4, 0.5) is 10.1 Å². The summed E-state index contributed by atoms with van der Waals surface area (Å²) >= 11 is 0. The van der Waals surface area contributed by atoms with Crippen LogP contribution < -0.4 is 15.8 Å². The van der Waals surface area contributed by atoms with E-state index in [4.69, 9.17) is 10.5 Å². The van der Waals surface area contributed by atoms with Crippen molar-refractivity contribution in [1.29, 1.82) is 0 Å². The number of benzene rings is 3. The summed E-state index contributed by atoms with van der Waals surface area (Å²) < 4.78 is 18.7. The first-order valence-electron chi connectivity index (χ1n) is 8.28. The van der Waals surface area contributed by atoms with Crippen molar-refractivity contribution in [2.75, 3.05) is 11.9 Å². The average molecular weight is 336 g/mol. The average Bonchev–Trinajstić information content (AvgIpc) is 2.63. The Hall–Kier alpha value is -2.85. The summed E-state index contributed by atoms with van der Waals surface area (Å²) in [7, 11) is 0. The van der Waals surface area contributed by atoms with Gasteiger partial charge in [-0.25, -0.2) is 4.39 Å². The van der Waals surface area contributed by atoms with Crippen LogP contribution in [0.25, 0.3) is 0 Å². The molecule has 0 aliphatic rings. The van der Waals surface area contributed by atoms with Crippen molar-refractivity contribution >= 4 is 5.69 Å². The van der Waals surface area contributed by atoms with Crippen molar-refractivity contribution < 1.29 is 9.13 Å². The number of nitrogens with two attached hydrogens (primary N) is 1. The van der Waals surface area contributed by atoms with Crippen molar-refractivity contribution in [2.45, 2.75) is 13.0 Å². The van der Waals surface area contributed by atoms with E-state index in [1.807, 2.05) is 36.4 Å². The zero-order chi connectivity index (χ0) is 17.5. The van der Waals surface area contributed by atoms with Crippen LogP contribution >= 0.6 is 0 Å². The van der Waals surface area contributed by atoms with Crippen LogP contribution in [0.2, 0.25) is 0 Å². The summed E-state index contributed by atoms with van der Waals surface area (Å²) in [6, 6.07) is 22.1. The predicted octanol–water partition coefficient (Wildman–Crippen LogP) is 4.73. The first-order valence-corrected chi connectivity index (χ1v) is 8.28. The molecule has 0 spiro atoms. The minimum Gasteiger partial charge on any atom is -0.457 e. The van der Waals surface area contributed by atoms with Gasteiger partial charge in [-0.15, -0.1) is 0 Å². The Kier molecular flexibility index (Phi) is 5.65. The molecule has 0 fully saturated rings. The van der Waals surface area contributed by atoms with Gasteiger partial charge in [0, 0.05) is 12.2 Å². The lowest BCUT2D eigenvalue weighted by Crippen LogP contribution is -2.04. The van der Waals surface area contributed by atoms with E-state index in [0.29, 0.717) is 18.8 Å². The van der Waals surface area contributed by atoms with Crippen LogP contribution in [0.15, 0.2) is 72.8 Å². The topological polar surface area (TPSA) is 47.3 Å². The zero-order valence-electron chi connectivity index (χ0n) is 13.9. The molecule has 0 aliphatic carbocycles. The number of halogens is 1. The van der Waals surface area contributed by atoms with Crippen LogP contribution in [0.5, 0.6) is 11.5 Å². The van der Waals surface area contributed by atoms with E-state index >= 15 is 0 Å². The highest BCUT2D eigenvalue weighted by molar-refractivity contribution is 5.47. The quantitative estimate of drug-likeness (QED) is 0.655. The van der Waals surface area contributed by atoms with Crippen molar-refractivity contribution in [3.8, 4) is 11.5 Å². The molecule has 4 heteroatoms. The van der Waals surface area contributed by atoms with Crippen LogP contribution in [-0.4, -0.2) is 6.54 Å². The molecule has 0 aliphatic heterocycles. The van der Waals surface area contributed by atoms with E-state index in [-0.39, 0.29) is 5.82 Å². The van der Waals surface area contributed by atoms with Crippen molar-refractivity contribution in [1.82, 2.24) is 0 Å². The molecule has 0 aromatic heterocycles. The third-order valence-corrected chi connectivity index (χ3v) is 3.80. The number of nitrogens with one attached hydrogen (secondary N) is 1. The zero-order valence-corrected chi connectivity index (χ0v) is 13.9. The van der Waals surface area contributed by atoms with Crippen molar-refractivity contribution in [3.05, 3.63) is 89.7 Å². The maximum Gasteiger partial charge on any atom is 0.127 e. The Balaban J connectivity index is 1.63. The summed E-state index contributed by atoms with van der Waals surface area (Å²) in [5, 5.41) is 3.41. The number of rotatable bonds is 7. The predicted molar refractivity (Wildman–Crippen MR) is 99.4 cm³/mol. The van der Waals surface area contributed by atoms with E-state index in [2.05, 4.69) is 17.4 Å². The molecule has 0 amide bonds. The second-order valence-corrected chi connectivity index (χ2v) is 5.80. The van der Waals surface area contributed by atoms with Gasteiger partial charge < -0.3 is 15.8 Å². The van der Waals surface area contributed by atoms with Gasteiger partial charge >= 0.3 is 0 Å². The molecule has 3 nitrogen and oxygen atoms in total. The first kappa shape index (κ1) is 17.0. The maximum atomic E-state index is 13.0. The Morgan fingerprint density at radius 1 is 0.840 bits per heavy atom. The Labute approximate surface area is 147 Å². The van der Waals surface area contributed by atoms with Crippen molar-refractivity contribution in [2.24, 2.45) is 5.73 Å². The van der Waals surface area contributed by atoms with Crippen molar-refractivity contribution in [3.63, 3.8) is 0 Å². The first-order chi connectivity index (χ1) is 12.2. The van der Waals surface area contributed by atoms with Gasteiger partial charge in [-0.3, -0.25) is 0 Å². The van der Waals surface area contributed by atoms with Gasteiger partial charge in [0.1, 0.15) is 17.3 Å². The molecule has 0 saturated carbocycles. The van der Waals surface area contributed by atoms with Gasteiger partial charge in [-0.1, -0.05) is 24.3 Å². The fourth-order valence-electron chi connectivity index (χ4n) is 2.57. The molecular weight excluding hydrogens is 315 g/mol. The fraction of sp³-hybridized carbons (Fsp3) is 0.143. The van der Waals surface area contributed by atoms with E-state index in [1.54, 1.807) is 12.1 Å². The Bertz CT molecular complexity index is 818. The third-order valence-electron chi connectivity index (χ3n) is 3.80. The molecule has 3 rings (SSSR count). The molecule has 0 heterocycles. The summed E-state index contributed by atoms with van der Waals surface area (Å²) in [5.74, 6) is 1.06. The normalized spacial score (nSPS) is 10.5. The van der Waals surface area contributed by atoms with Gasteiger partial charge in [0.15, 0.2) is 0 Å². The summed E-state index contributed by atoms with van der Waals surface area (Å²) in [5.41, 5.74) is 9.00. The van der Waals surface area contributed by atoms with Crippen LogP contribution in [-0.2, 0) is 13.0 Å². The Morgan fingerprint density at radius 3 is 2.40 bits per heavy atom. The minimum absolute atomic E-state index is 0.276. The molecule has 3 aromatic carbocycles. The highest BCUT2D eigenvalue weighted by Gasteiger charge is 2.01. The summed E-state index contributed by atoms with van der Waals surface area (Å²) in [4.78, 5) is 0. The Morgan fingerprint density at radius 2 is 1.60 bits per heavy atom. The highest BCUT2D eigenvalue weighted by Crippen LogP contribution is 2.23. The second kappa shape index (κ2) is 8.31. The summed E-state index contributed by atoms with van der Waals surface area (Å²) in [6.07, 6.45) is 0.872. The minimum atomic E-state index is -0.276. The molecule has 0 bridgehead atoms. The van der Waals surface area contributed by atoms with Crippen LogP contribution in [0.1, 0.15) is 11.1 Å². The number of ether oxygens (including phenoxy) is 1. The largest absolute Gasteiger partial charge is 0.457 e. The molecule has 0 unspecified atom stereocenters. The molecule has 0 saturated heterocycles. The van der Waals surface area contributed by atoms with Crippen LogP contribution in [0, 0.1) is 5.82 Å². The van der Waals surface area contributed by atoms with Gasteiger partial charge in [-0.05, 0) is 72.6 Å². The lowest BCUT2D eigenvalue weighted by atomic mass is 10.1. The maximum absolute atomic E-state index is 13.0. The molecular formula is C21H21FN2O. The lowest BCUT2D eigenvalue weighted by Gasteiger charge is -2.10. The van der Waals surface area contributed by atoms with Crippen LogP contribution in [0.3, 0.4) is 0 Å². The third kappa shape index (κ3) is 5.06. The SMILES string of the molecule is NCCc1cccc(NCc2cccc(Oc3ccc(F)cc3)c2)c1. The smallest absolute Gasteiger partial charge is 0.127 e. The molecule has 0 atom stereocenters. The van der Waals surface area contributed by atoms with E-state index in [9.17, 15) is 4.39 Å². The molecule has 3 N–H and O–H groups in total. The molecule has 25 heavy (non-hydrogen) atoms. The van der Waals surface area contributed by atoms with E-state index in [1.165, 1.54) is 17.7 Å². The number of hydrogen-bond donors (Lipinski definition) is 2. The van der Waals surface area contributed by atoms with Gasteiger partial charge in [0.05, 0.1) is 0 Å². The van der Waals surface area contributed by atoms with Gasteiger partial charge in [-0.2, -0.15) is 0 Å². The number of hydrogen-bond acceptors (Lipinski definition) is 3. The van der Waals surface area contributed by atoms with E-state index < -0.39 is 0 Å². The second-order valence-electron chi connectivity index (χ2n) is 5.80. The number of anilines is 1. The molecule has 0 radical (unpaired) electrons. The molecule has 128 valence electrons. The monoisotopic (exact) mass is 336 g/mol. The van der Waals surface area contributed by atoms with Gasteiger partial charge in [0.25, 0.3) is 0 Å².